The Balaban J connectivity index is 1.74. The van der Waals surface area contributed by atoms with Gasteiger partial charge in [-0.2, -0.15) is 18.8 Å². The van der Waals surface area contributed by atoms with Gasteiger partial charge in [-0.25, -0.2) is 4.68 Å². The third kappa shape index (κ3) is 5.04. The van der Waals surface area contributed by atoms with Gasteiger partial charge in [0.05, 0.1) is 17.3 Å². The van der Waals surface area contributed by atoms with Gasteiger partial charge in [-0.1, -0.05) is 12.1 Å². The van der Waals surface area contributed by atoms with Gasteiger partial charge in [0.1, 0.15) is 18.4 Å². The Kier molecular flexibility index (Phi) is 5.35. The molecule has 0 saturated carbocycles. The topological polar surface area (TPSA) is 127 Å². The highest BCUT2D eigenvalue weighted by Gasteiger charge is 2.10. The van der Waals surface area contributed by atoms with Gasteiger partial charge in [0.2, 0.25) is 0 Å². The van der Waals surface area contributed by atoms with Crippen molar-refractivity contribution >= 4 is 16.0 Å². The Labute approximate surface area is 156 Å². The number of nitrogens with zero attached hydrogens (tertiary/aromatic N) is 5. The molecule has 0 aliphatic carbocycles. The molecule has 1 aromatic heterocycles. The molecule has 0 saturated heterocycles. The van der Waals surface area contributed by atoms with Crippen molar-refractivity contribution in [2.24, 2.45) is 5.14 Å². The molecule has 2 N–H and O–H groups in total. The van der Waals surface area contributed by atoms with Crippen LogP contribution in [0.1, 0.15) is 11.1 Å². The average molecular weight is 384 g/mol. The van der Waals surface area contributed by atoms with E-state index in [0.29, 0.717) is 18.5 Å². The molecule has 0 aliphatic rings. The summed E-state index contributed by atoms with van der Waals surface area (Å²) in [4.78, 5) is 0. The third-order valence-corrected chi connectivity index (χ3v) is 4.15. The summed E-state index contributed by atoms with van der Waals surface area (Å²) in [6.45, 7) is 0.597. The molecule has 138 valence electrons. The van der Waals surface area contributed by atoms with Crippen molar-refractivity contribution in [2.75, 3.05) is 11.6 Å². The van der Waals surface area contributed by atoms with Crippen LogP contribution in [0.4, 0.5) is 5.69 Å². The summed E-state index contributed by atoms with van der Waals surface area (Å²) in [6, 6.07) is 15.9. The van der Waals surface area contributed by atoms with Gasteiger partial charge in [0, 0.05) is 6.54 Å². The lowest BCUT2D eigenvalue weighted by Gasteiger charge is -2.25. The summed E-state index contributed by atoms with van der Waals surface area (Å²) in [6.07, 6.45) is 3.83. The Morgan fingerprint density at radius 3 is 2.26 bits per heavy atom. The molecule has 27 heavy (non-hydrogen) atoms. The maximum Gasteiger partial charge on any atom is 0.380 e. The molecule has 0 spiro atoms. The number of hydrogen-bond acceptors (Lipinski definition) is 7. The standard InChI is InChI=1S/C17H16N6O3S/c18-11-15-1-5-16(6-2-15)23(22-12-20-21-13-22)10-9-14-3-7-17(8-4-14)26-27(19,24)25/h1-8,12-13H,9-10H2,(H2,19,24,25). The second kappa shape index (κ2) is 7.86. The van der Waals surface area contributed by atoms with Gasteiger partial charge >= 0.3 is 10.3 Å². The number of rotatable bonds is 7. The van der Waals surface area contributed by atoms with E-state index in [-0.39, 0.29) is 5.75 Å². The van der Waals surface area contributed by atoms with Crippen LogP contribution in [0.5, 0.6) is 5.75 Å². The van der Waals surface area contributed by atoms with E-state index >= 15 is 0 Å². The van der Waals surface area contributed by atoms with Crippen LogP contribution in [0.3, 0.4) is 0 Å². The van der Waals surface area contributed by atoms with Crippen molar-refractivity contribution < 1.29 is 12.6 Å². The second-order valence-corrected chi connectivity index (χ2v) is 6.75. The van der Waals surface area contributed by atoms with Gasteiger partial charge in [-0.05, 0) is 48.4 Å². The Bertz CT molecular complexity index is 1030. The lowest BCUT2D eigenvalue weighted by atomic mass is 10.1. The summed E-state index contributed by atoms with van der Waals surface area (Å²) in [7, 11) is -4.04. The maximum absolute atomic E-state index is 10.9. The summed E-state index contributed by atoms with van der Waals surface area (Å²) < 4.78 is 28.3. The molecule has 9 nitrogen and oxygen atoms in total. The molecule has 0 radical (unpaired) electrons. The fourth-order valence-corrected chi connectivity index (χ4v) is 2.87. The zero-order valence-corrected chi connectivity index (χ0v) is 15.0. The van der Waals surface area contributed by atoms with Gasteiger partial charge < -0.3 is 4.18 Å². The molecule has 0 aliphatic heterocycles. The van der Waals surface area contributed by atoms with E-state index in [1.807, 2.05) is 17.1 Å². The zero-order chi connectivity index (χ0) is 19.3. The molecular weight excluding hydrogens is 368 g/mol. The normalized spacial score (nSPS) is 11.0. The Morgan fingerprint density at radius 2 is 1.70 bits per heavy atom. The molecule has 0 amide bonds. The van der Waals surface area contributed by atoms with E-state index in [1.54, 1.807) is 53.7 Å². The van der Waals surface area contributed by atoms with Crippen molar-refractivity contribution in [3.05, 3.63) is 72.3 Å². The highest BCUT2D eigenvalue weighted by Crippen LogP contribution is 2.18. The van der Waals surface area contributed by atoms with E-state index < -0.39 is 10.3 Å². The first-order valence-corrected chi connectivity index (χ1v) is 9.35. The first-order valence-electron chi connectivity index (χ1n) is 7.88. The SMILES string of the molecule is N#Cc1ccc(N(CCc2ccc(OS(N)(=O)=O)cc2)n2cnnc2)cc1. The largest absolute Gasteiger partial charge is 0.380 e. The molecule has 0 fully saturated rings. The van der Waals surface area contributed by atoms with E-state index in [4.69, 9.17) is 10.4 Å². The van der Waals surface area contributed by atoms with Crippen LogP contribution < -0.4 is 14.3 Å². The number of benzene rings is 2. The predicted octanol–water partition coefficient (Wildman–Crippen LogP) is 1.24. The number of anilines is 1. The van der Waals surface area contributed by atoms with Crippen LogP contribution in [0.2, 0.25) is 0 Å². The van der Waals surface area contributed by atoms with Crippen molar-refractivity contribution in [1.82, 2.24) is 14.9 Å². The first-order chi connectivity index (χ1) is 12.9. The molecular formula is C17H16N6O3S. The van der Waals surface area contributed by atoms with Gasteiger partial charge in [-0.3, -0.25) is 5.01 Å². The van der Waals surface area contributed by atoms with Crippen molar-refractivity contribution in [3.8, 4) is 11.8 Å². The minimum absolute atomic E-state index is 0.156. The fraction of sp³-hybridized carbons (Fsp3) is 0.118. The van der Waals surface area contributed by atoms with Gasteiger partial charge in [0.25, 0.3) is 0 Å². The molecule has 2 aromatic carbocycles. The van der Waals surface area contributed by atoms with Crippen LogP contribution in [0.25, 0.3) is 0 Å². The second-order valence-electron chi connectivity index (χ2n) is 5.59. The van der Waals surface area contributed by atoms with Crippen LogP contribution in [0.15, 0.2) is 61.2 Å². The predicted molar refractivity (Wildman–Crippen MR) is 97.8 cm³/mol. The van der Waals surface area contributed by atoms with E-state index in [1.165, 1.54) is 0 Å². The van der Waals surface area contributed by atoms with E-state index in [9.17, 15) is 8.42 Å². The van der Waals surface area contributed by atoms with Gasteiger partial charge in [-0.15, -0.1) is 10.2 Å². The molecule has 3 rings (SSSR count). The number of aromatic nitrogens is 3. The van der Waals surface area contributed by atoms with Crippen LogP contribution in [-0.4, -0.2) is 29.8 Å². The summed E-state index contributed by atoms with van der Waals surface area (Å²) in [5, 5.41) is 23.4. The first kappa shape index (κ1) is 18.4. The fourth-order valence-electron chi connectivity index (χ4n) is 2.49. The zero-order valence-electron chi connectivity index (χ0n) is 14.1. The van der Waals surface area contributed by atoms with Crippen molar-refractivity contribution in [3.63, 3.8) is 0 Å². The quantitative estimate of drug-likeness (QED) is 0.649. The average Bonchev–Trinajstić information content (AvgIpc) is 3.17. The molecule has 0 unspecified atom stereocenters. The molecule has 1 heterocycles. The molecule has 0 bridgehead atoms. The van der Waals surface area contributed by atoms with Crippen LogP contribution >= 0.6 is 0 Å². The van der Waals surface area contributed by atoms with E-state index in [2.05, 4.69) is 20.4 Å². The third-order valence-electron chi connectivity index (χ3n) is 3.73. The smallest absolute Gasteiger partial charge is 0.371 e. The van der Waals surface area contributed by atoms with Crippen molar-refractivity contribution in [2.45, 2.75) is 6.42 Å². The summed E-state index contributed by atoms with van der Waals surface area (Å²) in [5.74, 6) is 0.156. The van der Waals surface area contributed by atoms with Crippen molar-refractivity contribution in [1.29, 1.82) is 5.26 Å². The Hall–Kier alpha value is -3.42. The molecule has 0 atom stereocenters. The number of hydrogen-bond donors (Lipinski definition) is 1. The minimum Gasteiger partial charge on any atom is -0.371 e. The molecule has 3 aromatic rings. The van der Waals surface area contributed by atoms with E-state index in [0.717, 1.165) is 11.3 Å². The lowest BCUT2D eigenvalue weighted by molar-refractivity contribution is 0.487. The highest BCUT2D eigenvalue weighted by atomic mass is 32.2. The molecule has 10 heteroatoms. The van der Waals surface area contributed by atoms with Gasteiger partial charge in [0.15, 0.2) is 0 Å². The van der Waals surface area contributed by atoms with Crippen LogP contribution in [0, 0.1) is 11.3 Å². The monoisotopic (exact) mass is 384 g/mol. The maximum atomic E-state index is 10.9. The highest BCUT2D eigenvalue weighted by molar-refractivity contribution is 7.84. The summed E-state index contributed by atoms with van der Waals surface area (Å²) in [5.41, 5.74) is 2.43. The lowest BCUT2D eigenvalue weighted by Crippen LogP contribution is -2.30. The number of nitriles is 1. The van der Waals surface area contributed by atoms with Crippen LogP contribution in [-0.2, 0) is 16.7 Å². The Morgan fingerprint density at radius 1 is 1.07 bits per heavy atom. The number of nitrogens with two attached hydrogens (primary N) is 1. The summed E-state index contributed by atoms with van der Waals surface area (Å²) >= 11 is 0. The minimum atomic E-state index is -4.04.